The molecule has 0 aromatic carbocycles. The summed E-state index contributed by atoms with van der Waals surface area (Å²) in [6.07, 6.45) is 2.40. The molecule has 7 heteroatoms. The summed E-state index contributed by atoms with van der Waals surface area (Å²) < 4.78 is 26.9. The lowest BCUT2D eigenvalue weighted by Gasteiger charge is -2.52. The standard InChI is InChI=1S/C13H22N4O2S/c1-10-6-12(15(2)14-10)8-16-5-4-11-7-17(13(11)9-16)20(3,18)19/h6,11,13H,4-5,7-9H2,1-3H3/t11-,13-/m1/s1. The highest BCUT2D eigenvalue weighted by atomic mass is 32.2. The molecule has 0 saturated carbocycles. The van der Waals surface area contributed by atoms with Crippen molar-refractivity contribution in [2.75, 3.05) is 25.9 Å². The monoisotopic (exact) mass is 298 g/mol. The Kier molecular flexibility index (Phi) is 3.38. The van der Waals surface area contributed by atoms with Crippen molar-refractivity contribution in [3.05, 3.63) is 17.5 Å². The van der Waals surface area contributed by atoms with Gasteiger partial charge in [0, 0.05) is 32.7 Å². The normalized spacial score (nSPS) is 28.1. The van der Waals surface area contributed by atoms with Crippen molar-refractivity contribution in [2.45, 2.75) is 25.9 Å². The molecule has 0 aliphatic carbocycles. The molecule has 2 aliphatic rings. The van der Waals surface area contributed by atoms with Gasteiger partial charge < -0.3 is 0 Å². The molecule has 6 nitrogen and oxygen atoms in total. The van der Waals surface area contributed by atoms with Gasteiger partial charge in [0.25, 0.3) is 0 Å². The summed E-state index contributed by atoms with van der Waals surface area (Å²) in [5, 5.41) is 4.36. The second-order valence-electron chi connectivity index (χ2n) is 6.08. The molecular weight excluding hydrogens is 276 g/mol. The number of hydrogen-bond donors (Lipinski definition) is 0. The number of likely N-dealkylation sites (tertiary alicyclic amines) is 1. The molecule has 0 bridgehead atoms. The van der Waals surface area contributed by atoms with Crippen LogP contribution in [0.1, 0.15) is 17.8 Å². The Bertz CT molecular complexity index is 610. The molecule has 0 radical (unpaired) electrons. The summed E-state index contributed by atoms with van der Waals surface area (Å²) in [5.74, 6) is 0.550. The SMILES string of the molecule is Cc1cc(CN2CC[C@@H]3CN(S(C)(=O)=O)[C@@H]3C2)n(C)n1. The maximum absolute atomic E-state index is 11.7. The number of sulfonamides is 1. The molecule has 0 unspecified atom stereocenters. The fourth-order valence-corrected chi connectivity index (χ4v) is 4.57. The lowest BCUT2D eigenvalue weighted by Crippen LogP contribution is -2.65. The van der Waals surface area contributed by atoms with Gasteiger partial charge in [-0.05, 0) is 31.9 Å². The van der Waals surface area contributed by atoms with E-state index < -0.39 is 10.0 Å². The van der Waals surface area contributed by atoms with Gasteiger partial charge in [-0.15, -0.1) is 0 Å². The van der Waals surface area contributed by atoms with E-state index in [-0.39, 0.29) is 6.04 Å². The minimum absolute atomic E-state index is 0.174. The lowest BCUT2D eigenvalue weighted by atomic mass is 9.85. The molecule has 0 N–H and O–H groups in total. The van der Waals surface area contributed by atoms with Gasteiger partial charge >= 0.3 is 0 Å². The van der Waals surface area contributed by atoms with Crippen LogP contribution in [0.4, 0.5) is 0 Å². The molecule has 112 valence electrons. The summed E-state index contributed by atoms with van der Waals surface area (Å²) in [6.45, 7) is 5.43. The number of hydrogen-bond acceptors (Lipinski definition) is 4. The minimum Gasteiger partial charge on any atom is -0.296 e. The second kappa shape index (κ2) is 4.82. The number of fused-ring (bicyclic) bond motifs is 1. The predicted octanol–water partition coefficient (Wildman–Crippen LogP) is 0.194. The fourth-order valence-electron chi connectivity index (χ4n) is 3.38. The van der Waals surface area contributed by atoms with Crippen LogP contribution in [0.2, 0.25) is 0 Å². The zero-order valence-corrected chi connectivity index (χ0v) is 13.1. The number of piperidine rings is 1. The Morgan fingerprint density at radius 3 is 2.75 bits per heavy atom. The first-order valence-electron chi connectivity index (χ1n) is 7.03. The summed E-state index contributed by atoms with van der Waals surface area (Å²) >= 11 is 0. The highest BCUT2D eigenvalue weighted by Crippen LogP contribution is 2.34. The van der Waals surface area contributed by atoms with E-state index in [0.29, 0.717) is 12.5 Å². The van der Waals surface area contributed by atoms with Gasteiger partial charge in [0.2, 0.25) is 10.0 Å². The average Bonchev–Trinajstić information content (AvgIpc) is 2.59. The topological polar surface area (TPSA) is 58.4 Å². The van der Waals surface area contributed by atoms with Crippen molar-refractivity contribution in [2.24, 2.45) is 13.0 Å². The largest absolute Gasteiger partial charge is 0.296 e. The van der Waals surface area contributed by atoms with Crippen molar-refractivity contribution in [1.82, 2.24) is 19.0 Å². The summed E-state index contributed by atoms with van der Waals surface area (Å²) in [7, 11) is -1.09. The van der Waals surface area contributed by atoms with Crippen molar-refractivity contribution < 1.29 is 8.42 Å². The Labute approximate surface area is 120 Å². The van der Waals surface area contributed by atoms with Crippen LogP contribution in [-0.2, 0) is 23.6 Å². The highest BCUT2D eigenvalue weighted by Gasteiger charge is 2.46. The fraction of sp³-hybridized carbons (Fsp3) is 0.769. The summed E-state index contributed by atoms with van der Waals surface area (Å²) in [6, 6.07) is 2.27. The van der Waals surface area contributed by atoms with Crippen molar-refractivity contribution in [1.29, 1.82) is 0 Å². The zero-order chi connectivity index (χ0) is 14.5. The summed E-state index contributed by atoms with van der Waals surface area (Å²) in [5.41, 5.74) is 2.21. The number of rotatable bonds is 3. The number of nitrogens with zero attached hydrogens (tertiary/aromatic N) is 4. The first-order valence-corrected chi connectivity index (χ1v) is 8.88. The van der Waals surface area contributed by atoms with Crippen LogP contribution in [0, 0.1) is 12.8 Å². The van der Waals surface area contributed by atoms with Crippen LogP contribution in [-0.4, -0.2) is 59.3 Å². The molecule has 20 heavy (non-hydrogen) atoms. The van der Waals surface area contributed by atoms with E-state index in [1.165, 1.54) is 11.9 Å². The van der Waals surface area contributed by atoms with E-state index in [2.05, 4.69) is 16.1 Å². The molecule has 2 fully saturated rings. The third-order valence-electron chi connectivity index (χ3n) is 4.50. The van der Waals surface area contributed by atoms with Gasteiger partial charge in [-0.2, -0.15) is 9.40 Å². The molecule has 2 aliphatic heterocycles. The van der Waals surface area contributed by atoms with Gasteiger partial charge in [0.05, 0.1) is 17.6 Å². The minimum atomic E-state index is -3.05. The van der Waals surface area contributed by atoms with E-state index in [0.717, 1.165) is 31.7 Å². The van der Waals surface area contributed by atoms with E-state index in [1.54, 1.807) is 4.31 Å². The van der Waals surface area contributed by atoms with Crippen LogP contribution in [0.3, 0.4) is 0 Å². The Morgan fingerprint density at radius 1 is 1.40 bits per heavy atom. The van der Waals surface area contributed by atoms with Crippen LogP contribution >= 0.6 is 0 Å². The third kappa shape index (κ3) is 2.49. The molecule has 1 aromatic heterocycles. The Hall–Kier alpha value is -0.920. The van der Waals surface area contributed by atoms with Gasteiger partial charge in [-0.3, -0.25) is 9.58 Å². The quantitative estimate of drug-likeness (QED) is 0.799. The highest BCUT2D eigenvalue weighted by molar-refractivity contribution is 7.88. The molecule has 0 spiro atoms. The lowest BCUT2D eigenvalue weighted by molar-refractivity contribution is 0.0102. The van der Waals surface area contributed by atoms with Crippen LogP contribution in [0.15, 0.2) is 6.07 Å². The van der Waals surface area contributed by atoms with Gasteiger partial charge in [0.15, 0.2) is 0 Å². The van der Waals surface area contributed by atoms with Crippen molar-refractivity contribution in [3.63, 3.8) is 0 Å². The summed E-state index contributed by atoms with van der Waals surface area (Å²) in [4.78, 5) is 2.34. The van der Waals surface area contributed by atoms with Gasteiger partial charge in [-0.25, -0.2) is 8.42 Å². The molecule has 1 aromatic rings. The first kappa shape index (κ1) is 14.0. The smallest absolute Gasteiger partial charge is 0.211 e. The molecule has 3 rings (SSSR count). The van der Waals surface area contributed by atoms with Gasteiger partial charge in [0.1, 0.15) is 0 Å². The van der Waals surface area contributed by atoms with Crippen molar-refractivity contribution >= 4 is 10.0 Å². The maximum atomic E-state index is 11.7. The van der Waals surface area contributed by atoms with E-state index in [1.807, 2.05) is 18.7 Å². The molecular formula is C13H22N4O2S. The number of aromatic nitrogens is 2. The molecule has 2 atom stereocenters. The second-order valence-corrected chi connectivity index (χ2v) is 8.02. The Morgan fingerprint density at radius 2 is 2.15 bits per heavy atom. The Balaban J connectivity index is 1.67. The van der Waals surface area contributed by atoms with E-state index in [9.17, 15) is 8.42 Å². The molecule has 0 amide bonds. The molecule has 2 saturated heterocycles. The number of aryl methyl sites for hydroxylation is 2. The van der Waals surface area contributed by atoms with Crippen molar-refractivity contribution in [3.8, 4) is 0 Å². The predicted molar refractivity (Wildman–Crippen MR) is 76.7 cm³/mol. The average molecular weight is 298 g/mol. The van der Waals surface area contributed by atoms with Crippen LogP contribution in [0.25, 0.3) is 0 Å². The first-order chi connectivity index (χ1) is 9.34. The van der Waals surface area contributed by atoms with Crippen LogP contribution in [0.5, 0.6) is 0 Å². The molecule has 3 heterocycles. The maximum Gasteiger partial charge on any atom is 0.211 e. The zero-order valence-electron chi connectivity index (χ0n) is 12.3. The van der Waals surface area contributed by atoms with E-state index in [4.69, 9.17) is 0 Å². The van der Waals surface area contributed by atoms with E-state index >= 15 is 0 Å². The van der Waals surface area contributed by atoms with Crippen LogP contribution < -0.4 is 0 Å². The van der Waals surface area contributed by atoms with Gasteiger partial charge in [-0.1, -0.05) is 0 Å². The third-order valence-corrected chi connectivity index (χ3v) is 5.77.